The molecule has 0 saturated carbocycles. The Kier molecular flexibility index (Phi) is 9.21. The standard InChI is InChI=1S/C15H28O5/c1-6-10-18-11-9-15(12(4)5,13(16)19-7-2)14(17)20-8-3/h12H,6-11H2,1-5H3. The van der Waals surface area contributed by atoms with Crippen LogP contribution < -0.4 is 0 Å². The number of rotatable bonds is 10. The van der Waals surface area contributed by atoms with Gasteiger partial charge in [0.05, 0.1) is 13.2 Å². The maximum absolute atomic E-state index is 12.3. The van der Waals surface area contributed by atoms with Gasteiger partial charge in [-0.25, -0.2) is 0 Å². The third-order valence-corrected chi connectivity index (χ3v) is 3.25. The van der Waals surface area contributed by atoms with Crippen LogP contribution in [0.25, 0.3) is 0 Å². The summed E-state index contributed by atoms with van der Waals surface area (Å²) in [5.74, 6) is -1.26. The molecule has 20 heavy (non-hydrogen) atoms. The van der Waals surface area contributed by atoms with E-state index < -0.39 is 17.4 Å². The molecule has 0 unspecified atom stereocenters. The van der Waals surface area contributed by atoms with Crippen molar-refractivity contribution in [2.24, 2.45) is 11.3 Å². The van der Waals surface area contributed by atoms with Crippen LogP contribution in [0.1, 0.15) is 47.5 Å². The molecule has 0 N–H and O–H groups in total. The second-order valence-corrected chi connectivity index (χ2v) is 4.93. The Morgan fingerprint density at radius 3 is 1.80 bits per heavy atom. The highest BCUT2D eigenvalue weighted by atomic mass is 16.6. The number of ether oxygens (including phenoxy) is 3. The lowest BCUT2D eigenvalue weighted by molar-refractivity contribution is -0.177. The summed E-state index contributed by atoms with van der Waals surface area (Å²) in [6.45, 7) is 10.5. The van der Waals surface area contributed by atoms with Crippen LogP contribution in [0, 0.1) is 11.3 Å². The van der Waals surface area contributed by atoms with Gasteiger partial charge < -0.3 is 14.2 Å². The van der Waals surface area contributed by atoms with Crippen molar-refractivity contribution in [2.75, 3.05) is 26.4 Å². The second-order valence-electron chi connectivity index (χ2n) is 4.93. The maximum Gasteiger partial charge on any atom is 0.323 e. The number of esters is 2. The fourth-order valence-corrected chi connectivity index (χ4v) is 2.05. The molecule has 0 rings (SSSR count). The fourth-order valence-electron chi connectivity index (χ4n) is 2.05. The summed E-state index contributed by atoms with van der Waals surface area (Å²) in [4.78, 5) is 24.6. The summed E-state index contributed by atoms with van der Waals surface area (Å²) in [6, 6.07) is 0. The van der Waals surface area contributed by atoms with E-state index in [9.17, 15) is 9.59 Å². The van der Waals surface area contributed by atoms with Gasteiger partial charge in [0.15, 0.2) is 5.41 Å². The summed E-state index contributed by atoms with van der Waals surface area (Å²) in [7, 11) is 0. The summed E-state index contributed by atoms with van der Waals surface area (Å²) in [5.41, 5.74) is -1.28. The third-order valence-electron chi connectivity index (χ3n) is 3.25. The number of carbonyl (C=O) groups excluding carboxylic acids is 2. The van der Waals surface area contributed by atoms with Gasteiger partial charge in [-0.05, 0) is 32.6 Å². The van der Waals surface area contributed by atoms with Crippen molar-refractivity contribution in [1.82, 2.24) is 0 Å². The fraction of sp³-hybridized carbons (Fsp3) is 0.867. The molecule has 0 heterocycles. The SMILES string of the molecule is CCCOCCC(C(=O)OCC)(C(=O)OCC)C(C)C. The Balaban J connectivity index is 5.12. The molecule has 0 aromatic carbocycles. The molecule has 0 bridgehead atoms. The quantitative estimate of drug-likeness (QED) is 0.351. The van der Waals surface area contributed by atoms with E-state index in [0.29, 0.717) is 13.2 Å². The van der Waals surface area contributed by atoms with Crippen LogP contribution in [0.5, 0.6) is 0 Å². The Bertz CT molecular complexity index is 281. The number of hydrogen-bond acceptors (Lipinski definition) is 5. The first-order valence-electron chi connectivity index (χ1n) is 7.39. The van der Waals surface area contributed by atoms with Gasteiger partial charge in [-0.3, -0.25) is 9.59 Å². The lowest BCUT2D eigenvalue weighted by atomic mass is 9.74. The minimum atomic E-state index is -1.28. The Morgan fingerprint density at radius 1 is 0.950 bits per heavy atom. The first kappa shape index (κ1) is 18.9. The molecule has 0 aromatic heterocycles. The molecule has 0 aliphatic heterocycles. The molecule has 5 heteroatoms. The van der Waals surface area contributed by atoms with E-state index >= 15 is 0 Å². The average molecular weight is 288 g/mol. The molecule has 0 radical (unpaired) electrons. The maximum atomic E-state index is 12.3. The van der Waals surface area contributed by atoms with Gasteiger partial charge in [-0.2, -0.15) is 0 Å². The Hall–Kier alpha value is -1.10. The van der Waals surface area contributed by atoms with Crippen molar-refractivity contribution in [1.29, 1.82) is 0 Å². The van der Waals surface area contributed by atoms with E-state index in [0.717, 1.165) is 6.42 Å². The van der Waals surface area contributed by atoms with Crippen LogP contribution in [0.15, 0.2) is 0 Å². The molecule has 0 amide bonds. The van der Waals surface area contributed by atoms with Crippen molar-refractivity contribution >= 4 is 11.9 Å². The van der Waals surface area contributed by atoms with Gasteiger partial charge in [-0.1, -0.05) is 20.8 Å². The van der Waals surface area contributed by atoms with Crippen LogP contribution in [-0.2, 0) is 23.8 Å². The smallest absolute Gasteiger partial charge is 0.323 e. The molecule has 118 valence electrons. The minimum Gasteiger partial charge on any atom is -0.465 e. The molecule has 5 nitrogen and oxygen atoms in total. The molecule has 0 atom stereocenters. The monoisotopic (exact) mass is 288 g/mol. The molecule has 0 aromatic rings. The summed E-state index contributed by atoms with van der Waals surface area (Å²) in [6.07, 6.45) is 1.18. The number of hydrogen-bond donors (Lipinski definition) is 0. The minimum absolute atomic E-state index is 0.217. The van der Waals surface area contributed by atoms with Crippen molar-refractivity contribution in [3.8, 4) is 0 Å². The van der Waals surface area contributed by atoms with Gasteiger partial charge in [0.25, 0.3) is 0 Å². The van der Waals surface area contributed by atoms with E-state index in [4.69, 9.17) is 14.2 Å². The van der Waals surface area contributed by atoms with Crippen LogP contribution in [0.2, 0.25) is 0 Å². The topological polar surface area (TPSA) is 61.8 Å². The summed E-state index contributed by atoms with van der Waals surface area (Å²) >= 11 is 0. The lowest BCUT2D eigenvalue weighted by Crippen LogP contribution is -2.47. The number of carbonyl (C=O) groups is 2. The van der Waals surface area contributed by atoms with Crippen molar-refractivity contribution in [3.63, 3.8) is 0 Å². The highest BCUT2D eigenvalue weighted by Gasteiger charge is 2.51. The van der Waals surface area contributed by atoms with Gasteiger partial charge in [0, 0.05) is 13.2 Å². The van der Waals surface area contributed by atoms with Gasteiger partial charge in [0.1, 0.15) is 0 Å². The Morgan fingerprint density at radius 2 is 1.45 bits per heavy atom. The zero-order chi connectivity index (χ0) is 15.6. The first-order chi connectivity index (χ1) is 9.47. The van der Waals surface area contributed by atoms with E-state index in [1.807, 2.05) is 20.8 Å². The largest absolute Gasteiger partial charge is 0.465 e. The van der Waals surface area contributed by atoms with E-state index in [-0.39, 0.29) is 25.6 Å². The van der Waals surface area contributed by atoms with Crippen molar-refractivity contribution in [3.05, 3.63) is 0 Å². The second kappa shape index (κ2) is 9.75. The van der Waals surface area contributed by atoms with Crippen LogP contribution in [0.3, 0.4) is 0 Å². The van der Waals surface area contributed by atoms with Crippen LogP contribution >= 0.6 is 0 Å². The third kappa shape index (κ3) is 4.78. The van der Waals surface area contributed by atoms with E-state index in [1.54, 1.807) is 13.8 Å². The van der Waals surface area contributed by atoms with Crippen molar-refractivity contribution < 1.29 is 23.8 Å². The zero-order valence-electron chi connectivity index (χ0n) is 13.4. The summed E-state index contributed by atoms with van der Waals surface area (Å²) < 4.78 is 15.6. The van der Waals surface area contributed by atoms with Gasteiger partial charge >= 0.3 is 11.9 Å². The molecular weight excluding hydrogens is 260 g/mol. The van der Waals surface area contributed by atoms with Crippen LogP contribution in [0.4, 0.5) is 0 Å². The van der Waals surface area contributed by atoms with E-state index in [2.05, 4.69) is 0 Å². The zero-order valence-corrected chi connectivity index (χ0v) is 13.4. The molecule has 0 spiro atoms. The molecule has 0 aliphatic rings. The predicted molar refractivity (Wildman–Crippen MR) is 76.3 cm³/mol. The highest BCUT2D eigenvalue weighted by Crippen LogP contribution is 2.35. The van der Waals surface area contributed by atoms with E-state index in [1.165, 1.54) is 0 Å². The predicted octanol–water partition coefficient (Wildman–Crippen LogP) is 2.57. The lowest BCUT2D eigenvalue weighted by Gasteiger charge is -2.32. The molecule has 0 fully saturated rings. The molecular formula is C15H28O5. The molecule has 0 saturated heterocycles. The Labute approximate surface area is 122 Å². The summed E-state index contributed by atoms with van der Waals surface area (Å²) in [5, 5.41) is 0. The van der Waals surface area contributed by atoms with Gasteiger partial charge in [0.2, 0.25) is 0 Å². The first-order valence-corrected chi connectivity index (χ1v) is 7.39. The van der Waals surface area contributed by atoms with Crippen molar-refractivity contribution in [2.45, 2.75) is 47.5 Å². The van der Waals surface area contributed by atoms with Gasteiger partial charge in [-0.15, -0.1) is 0 Å². The highest BCUT2D eigenvalue weighted by molar-refractivity contribution is 6.00. The average Bonchev–Trinajstić information content (AvgIpc) is 2.39. The van der Waals surface area contributed by atoms with Crippen LogP contribution in [-0.4, -0.2) is 38.4 Å². The molecule has 0 aliphatic carbocycles. The normalized spacial score (nSPS) is 11.5.